The molecule has 1 atom stereocenters. The van der Waals surface area contributed by atoms with Crippen LogP contribution in [0.3, 0.4) is 0 Å². The van der Waals surface area contributed by atoms with Gasteiger partial charge in [0.2, 0.25) is 11.6 Å². The number of carbonyl (C=O) groups excluding carboxylic acids is 2. The van der Waals surface area contributed by atoms with Crippen LogP contribution in [0.2, 0.25) is 0 Å². The molecule has 0 radical (unpaired) electrons. The molecule has 3 heteroatoms. The van der Waals surface area contributed by atoms with E-state index in [1.807, 2.05) is 19.9 Å². The Morgan fingerprint density at radius 2 is 1.87 bits per heavy atom. The summed E-state index contributed by atoms with van der Waals surface area (Å²) in [6, 6.07) is 0. The van der Waals surface area contributed by atoms with Gasteiger partial charge in [0.15, 0.2) is 0 Å². The van der Waals surface area contributed by atoms with Crippen LogP contribution in [-0.4, -0.2) is 16.7 Å². The van der Waals surface area contributed by atoms with Crippen molar-refractivity contribution in [3.8, 4) is 0 Å². The van der Waals surface area contributed by atoms with Gasteiger partial charge in [0.1, 0.15) is 5.76 Å². The third kappa shape index (κ3) is 1.96. The molecule has 3 rings (SSSR count). The van der Waals surface area contributed by atoms with Crippen molar-refractivity contribution in [3.05, 3.63) is 69.6 Å². The molecule has 0 aromatic rings. The van der Waals surface area contributed by atoms with E-state index in [1.54, 1.807) is 19.1 Å². The van der Waals surface area contributed by atoms with E-state index in [0.29, 0.717) is 17.6 Å². The molecule has 0 aliphatic heterocycles. The fourth-order valence-corrected chi connectivity index (χ4v) is 3.72. The molecule has 3 aliphatic rings. The number of aliphatic hydroxyl groups excluding tert-OH is 1. The van der Waals surface area contributed by atoms with Crippen LogP contribution in [0.4, 0.5) is 0 Å². The van der Waals surface area contributed by atoms with Crippen molar-refractivity contribution in [1.29, 1.82) is 0 Å². The second-order valence-electron chi connectivity index (χ2n) is 6.50. The minimum Gasteiger partial charge on any atom is -0.507 e. The Morgan fingerprint density at radius 1 is 1.17 bits per heavy atom. The summed E-state index contributed by atoms with van der Waals surface area (Å²) in [5.41, 5.74) is 3.80. The lowest BCUT2D eigenvalue weighted by molar-refractivity contribution is -0.132. The molecule has 0 amide bonds. The highest BCUT2D eigenvalue weighted by atomic mass is 16.3. The number of rotatable bonds is 1. The van der Waals surface area contributed by atoms with Crippen LogP contribution in [-0.2, 0) is 9.59 Å². The van der Waals surface area contributed by atoms with E-state index in [4.69, 9.17) is 0 Å². The Morgan fingerprint density at radius 3 is 2.52 bits per heavy atom. The molecule has 23 heavy (non-hydrogen) atoms. The molecule has 0 aromatic heterocycles. The van der Waals surface area contributed by atoms with E-state index in [1.165, 1.54) is 11.6 Å². The van der Waals surface area contributed by atoms with E-state index in [2.05, 4.69) is 13.0 Å². The number of allylic oxidation sites excluding steroid dienone is 10. The summed E-state index contributed by atoms with van der Waals surface area (Å²) in [6.07, 6.45) is 9.63. The standard InChI is InChI=1S/C20H20O3/c1-5-6-14-17(21)13-7-8-15-12(3)11(2)9-10-20(15,4)16(13)19(23)18(14)22/h5-9,21H,10H2,1-4H3/b6-5+/t20-/m0/s1. The summed E-state index contributed by atoms with van der Waals surface area (Å²) in [7, 11) is 0. The Balaban J connectivity index is 2.29. The Labute approximate surface area is 136 Å². The molecule has 3 nitrogen and oxygen atoms in total. The average Bonchev–Trinajstić information content (AvgIpc) is 2.52. The van der Waals surface area contributed by atoms with Gasteiger partial charge < -0.3 is 5.11 Å². The van der Waals surface area contributed by atoms with Gasteiger partial charge in [0, 0.05) is 16.6 Å². The number of fused-ring (bicyclic) bond motifs is 2. The highest BCUT2D eigenvalue weighted by Crippen LogP contribution is 2.52. The van der Waals surface area contributed by atoms with Crippen molar-refractivity contribution >= 4 is 11.6 Å². The molecular weight excluding hydrogens is 288 g/mol. The molecular formula is C20H20O3. The van der Waals surface area contributed by atoms with Gasteiger partial charge in [-0.05, 0) is 38.3 Å². The van der Waals surface area contributed by atoms with Gasteiger partial charge in [0.05, 0.1) is 5.57 Å². The van der Waals surface area contributed by atoms with Crippen LogP contribution in [0, 0.1) is 5.41 Å². The maximum atomic E-state index is 12.8. The SMILES string of the molecule is C/C=C/C1=C(O)C2=C(C(=O)C1=O)[C@@]1(C)CC=C(C)C(C)=C1C=C2. The number of aliphatic hydroxyl groups is 1. The van der Waals surface area contributed by atoms with Crippen LogP contribution < -0.4 is 0 Å². The van der Waals surface area contributed by atoms with Gasteiger partial charge in [-0.2, -0.15) is 0 Å². The van der Waals surface area contributed by atoms with Gasteiger partial charge >= 0.3 is 0 Å². The molecule has 0 spiro atoms. The average molecular weight is 308 g/mol. The summed E-state index contributed by atoms with van der Waals surface area (Å²) < 4.78 is 0. The fourth-order valence-electron chi connectivity index (χ4n) is 3.72. The third-order valence-corrected chi connectivity index (χ3v) is 5.17. The number of ketones is 2. The maximum absolute atomic E-state index is 12.8. The third-order valence-electron chi connectivity index (χ3n) is 5.17. The van der Waals surface area contributed by atoms with E-state index in [9.17, 15) is 14.7 Å². The second kappa shape index (κ2) is 5.05. The fraction of sp³-hybridized carbons (Fsp3) is 0.300. The van der Waals surface area contributed by atoms with Crippen LogP contribution >= 0.6 is 0 Å². The highest BCUT2D eigenvalue weighted by Gasteiger charge is 2.46. The topological polar surface area (TPSA) is 54.4 Å². The summed E-state index contributed by atoms with van der Waals surface area (Å²) in [5, 5.41) is 10.5. The summed E-state index contributed by atoms with van der Waals surface area (Å²) in [6.45, 7) is 7.81. The lowest BCUT2D eigenvalue weighted by Crippen LogP contribution is -2.38. The summed E-state index contributed by atoms with van der Waals surface area (Å²) in [5.74, 6) is -1.22. The van der Waals surface area contributed by atoms with Crippen molar-refractivity contribution in [3.63, 3.8) is 0 Å². The molecule has 0 heterocycles. The Bertz CT molecular complexity index is 825. The Kier molecular flexibility index (Phi) is 3.40. The van der Waals surface area contributed by atoms with E-state index >= 15 is 0 Å². The first-order valence-corrected chi connectivity index (χ1v) is 7.79. The zero-order valence-corrected chi connectivity index (χ0v) is 13.9. The smallest absolute Gasteiger partial charge is 0.236 e. The summed E-state index contributed by atoms with van der Waals surface area (Å²) >= 11 is 0. The molecule has 0 unspecified atom stereocenters. The van der Waals surface area contributed by atoms with E-state index in [-0.39, 0.29) is 11.3 Å². The highest BCUT2D eigenvalue weighted by molar-refractivity contribution is 6.51. The first-order chi connectivity index (χ1) is 10.8. The maximum Gasteiger partial charge on any atom is 0.236 e. The minimum atomic E-state index is -0.626. The van der Waals surface area contributed by atoms with E-state index < -0.39 is 17.0 Å². The van der Waals surface area contributed by atoms with Crippen molar-refractivity contribution in [2.24, 2.45) is 5.41 Å². The molecule has 0 saturated carbocycles. The minimum absolute atomic E-state index is 0.0798. The largest absolute Gasteiger partial charge is 0.507 e. The van der Waals surface area contributed by atoms with Crippen molar-refractivity contribution in [2.75, 3.05) is 0 Å². The Hall–Kier alpha value is -2.42. The number of hydrogen-bond acceptors (Lipinski definition) is 3. The molecule has 3 aliphatic carbocycles. The lowest BCUT2D eigenvalue weighted by Gasteiger charge is -2.41. The first kappa shape index (κ1) is 15.5. The predicted octanol–water partition coefficient (Wildman–Crippen LogP) is 4.07. The van der Waals surface area contributed by atoms with Crippen LogP contribution in [0.1, 0.15) is 34.1 Å². The number of hydrogen-bond donors (Lipinski definition) is 1. The zero-order valence-electron chi connectivity index (χ0n) is 13.9. The number of carbonyl (C=O) groups is 2. The monoisotopic (exact) mass is 308 g/mol. The van der Waals surface area contributed by atoms with Gasteiger partial charge in [0.25, 0.3) is 0 Å². The normalized spacial score (nSPS) is 27.7. The lowest BCUT2D eigenvalue weighted by atomic mass is 9.61. The number of Topliss-reactive ketones (excluding diaryl/α,β-unsaturated/α-hetero) is 2. The molecule has 1 N–H and O–H groups in total. The van der Waals surface area contributed by atoms with Gasteiger partial charge in [-0.15, -0.1) is 0 Å². The van der Waals surface area contributed by atoms with Gasteiger partial charge in [-0.3, -0.25) is 9.59 Å². The van der Waals surface area contributed by atoms with Crippen molar-refractivity contribution in [1.82, 2.24) is 0 Å². The molecule has 0 bridgehead atoms. The summed E-state index contributed by atoms with van der Waals surface area (Å²) in [4.78, 5) is 25.2. The van der Waals surface area contributed by atoms with Crippen LogP contribution in [0.25, 0.3) is 0 Å². The van der Waals surface area contributed by atoms with Crippen molar-refractivity contribution < 1.29 is 14.7 Å². The van der Waals surface area contributed by atoms with E-state index in [0.717, 1.165) is 11.1 Å². The van der Waals surface area contributed by atoms with Crippen LogP contribution in [0.5, 0.6) is 0 Å². The van der Waals surface area contributed by atoms with Gasteiger partial charge in [-0.25, -0.2) is 0 Å². The van der Waals surface area contributed by atoms with Crippen LogP contribution in [0.15, 0.2) is 69.6 Å². The zero-order chi connectivity index (χ0) is 16.9. The molecule has 0 aromatic carbocycles. The van der Waals surface area contributed by atoms with Crippen molar-refractivity contribution in [2.45, 2.75) is 34.1 Å². The molecule has 0 fully saturated rings. The second-order valence-corrected chi connectivity index (χ2v) is 6.50. The molecule has 0 saturated heterocycles. The predicted molar refractivity (Wildman–Crippen MR) is 89.8 cm³/mol. The first-order valence-electron chi connectivity index (χ1n) is 7.79. The quantitative estimate of drug-likeness (QED) is 0.587. The molecule has 118 valence electrons. The van der Waals surface area contributed by atoms with Gasteiger partial charge in [-0.1, -0.05) is 42.9 Å².